The predicted octanol–water partition coefficient (Wildman–Crippen LogP) is 2.94. The first-order valence-electron chi connectivity index (χ1n) is 7.95. The smallest absolute Gasteiger partial charge is 0.315 e. The number of carbonyl (C=O) groups is 1. The molecule has 1 fully saturated rings. The molecule has 2 rings (SSSR count). The maximum Gasteiger partial charge on any atom is 0.315 e. The molecule has 3 atom stereocenters. The van der Waals surface area contributed by atoms with Crippen LogP contribution >= 0.6 is 11.8 Å². The molecule has 4 nitrogen and oxygen atoms in total. The molecule has 5 heteroatoms. The summed E-state index contributed by atoms with van der Waals surface area (Å²) in [4.78, 5) is 13.1. The lowest BCUT2D eigenvalue weighted by molar-refractivity contribution is 0.177. The molecule has 1 aliphatic carbocycles. The molecule has 22 heavy (non-hydrogen) atoms. The van der Waals surface area contributed by atoms with E-state index in [1.807, 2.05) is 6.92 Å². The summed E-state index contributed by atoms with van der Waals surface area (Å²) in [7, 11) is 0. The zero-order chi connectivity index (χ0) is 15.9. The molecule has 122 valence electrons. The van der Waals surface area contributed by atoms with Crippen molar-refractivity contribution in [3.63, 3.8) is 0 Å². The van der Waals surface area contributed by atoms with Crippen molar-refractivity contribution in [1.82, 2.24) is 10.6 Å². The Bertz CT molecular complexity index is 478. The monoisotopic (exact) mass is 322 g/mol. The minimum atomic E-state index is -0.181. The average molecular weight is 322 g/mol. The molecular weight excluding hydrogens is 296 g/mol. The largest absolute Gasteiger partial charge is 0.393 e. The molecule has 0 bridgehead atoms. The summed E-state index contributed by atoms with van der Waals surface area (Å²) in [6, 6.07) is 8.42. The van der Waals surface area contributed by atoms with E-state index in [9.17, 15) is 9.90 Å². The Kier molecular flexibility index (Phi) is 6.58. The number of nitrogens with one attached hydrogen (secondary N) is 2. The van der Waals surface area contributed by atoms with Crippen LogP contribution in [-0.4, -0.2) is 35.6 Å². The Morgan fingerprint density at radius 3 is 2.73 bits per heavy atom. The molecule has 2 amide bonds. The van der Waals surface area contributed by atoms with Crippen LogP contribution < -0.4 is 10.6 Å². The third kappa shape index (κ3) is 5.89. The van der Waals surface area contributed by atoms with Crippen LogP contribution in [0.5, 0.6) is 0 Å². The highest BCUT2D eigenvalue weighted by Crippen LogP contribution is 2.24. The Balaban J connectivity index is 1.62. The second-order valence-electron chi connectivity index (χ2n) is 6.21. The van der Waals surface area contributed by atoms with Gasteiger partial charge in [0, 0.05) is 23.2 Å². The van der Waals surface area contributed by atoms with Gasteiger partial charge in [-0.15, -0.1) is 11.8 Å². The molecule has 0 spiro atoms. The number of aliphatic hydroxyl groups is 1. The van der Waals surface area contributed by atoms with Crippen molar-refractivity contribution in [3.8, 4) is 0 Å². The molecule has 0 unspecified atom stereocenters. The van der Waals surface area contributed by atoms with Crippen molar-refractivity contribution in [2.45, 2.75) is 50.2 Å². The lowest BCUT2D eigenvalue weighted by atomic mass is 10.1. The number of aliphatic hydroxyl groups excluding tert-OH is 1. The van der Waals surface area contributed by atoms with Crippen molar-refractivity contribution in [1.29, 1.82) is 0 Å². The molecular formula is C17H26N2O2S. The van der Waals surface area contributed by atoms with Gasteiger partial charge in [0.2, 0.25) is 0 Å². The summed E-state index contributed by atoms with van der Waals surface area (Å²) in [6.07, 6.45) is 2.48. The first-order valence-corrected chi connectivity index (χ1v) is 8.93. The normalized spacial score (nSPS) is 22.3. The molecule has 0 aliphatic heterocycles. The van der Waals surface area contributed by atoms with E-state index in [1.165, 1.54) is 10.5 Å². The quantitative estimate of drug-likeness (QED) is 0.706. The molecule has 3 N–H and O–H groups in total. The molecule has 0 radical (unpaired) electrons. The fourth-order valence-corrected chi connectivity index (χ4v) is 3.50. The molecule has 0 aromatic heterocycles. The Morgan fingerprint density at radius 1 is 1.36 bits per heavy atom. The number of rotatable bonds is 6. The molecule has 1 aromatic rings. The maximum absolute atomic E-state index is 11.9. The van der Waals surface area contributed by atoms with Gasteiger partial charge in [-0.1, -0.05) is 17.7 Å². The standard InChI is InChI=1S/C17H26N2O2S/c1-12-3-7-16(8-4-12)22-11-13(2)19-17(21)18-10-14-5-6-15(20)9-14/h3-4,7-8,13-15,20H,5-6,9-11H2,1-2H3,(H2,18,19,21)/t13-,14+,15+/m0/s1. The van der Waals surface area contributed by atoms with E-state index in [0.717, 1.165) is 25.0 Å². The van der Waals surface area contributed by atoms with Gasteiger partial charge in [-0.25, -0.2) is 4.79 Å². The van der Waals surface area contributed by atoms with E-state index in [2.05, 4.69) is 41.8 Å². The summed E-state index contributed by atoms with van der Waals surface area (Å²) < 4.78 is 0. The Hall–Kier alpha value is -1.20. The van der Waals surface area contributed by atoms with Crippen LogP contribution in [0.3, 0.4) is 0 Å². The van der Waals surface area contributed by atoms with Crippen molar-refractivity contribution in [3.05, 3.63) is 29.8 Å². The van der Waals surface area contributed by atoms with Gasteiger partial charge >= 0.3 is 6.03 Å². The Morgan fingerprint density at radius 2 is 2.09 bits per heavy atom. The number of amides is 2. The van der Waals surface area contributed by atoms with Gasteiger partial charge in [0.05, 0.1) is 6.10 Å². The highest BCUT2D eigenvalue weighted by molar-refractivity contribution is 7.99. The summed E-state index contributed by atoms with van der Waals surface area (Å²) in [5, 5.41) is 15.3. The minimum absolute atomic E-state index is 0.112. The number of hydrogen-bond donors (Lipinski definition) is 3. The van der Waals surface area contributed by atoms with Crippen LogP contribution in [0.4, 0.5) is 4.79 Å². The first-order chi connectivity index (χ1) is 10.5. The van der Waals surface area contributed by atoms with Gasteiger partial charge in [-0.05, 0) is 51.2 Å². The third-order valence-electron chi connectivity index (χ3n) is 3.96. The number of thioether (sulfide) groups is 1. The zero-order valence-corrected chi connectivity index (χ0v) is 14.2. The van der Waals surface area contributed by atoms with Gasteiger partial charge in [-0.2, -0.15) is 0 Å². The van der Waals surface area contributed by atoms with E-state index in [1.54, 1.807) is 11.8 Å². The molecule has 1 aliphatic rings. The number of benzene rings is 1. The molecule has 1 aromatic carbocycles. The van der Waals surface area contributed by atoms with Gasteiger partial charge in [0.25, 0.3) is 0 Å². The van der Waals surface area contributed by atoms with E-state index >= 15 is 0 Å². The second kappa shape index (κ2) is 8.44. The minimum Gasteiger partial charge on any atom is -0.393 e. The van der Waals surface area contributed by atoms with E-state index in [-0.39, 0.29) is 18.2 Å². The maximum atomic E-state index is 11.9. The Labute approximate surface area is 137 Å². The topological polar surface area (TPSA) is 61.4 Å². The van der Waals surface area contributed by atoms with Gasteiger partial charge in [-0.3, -0.25) is 0 Å². The van der Waals surface area contributed by atoms with Crippen molar-refractivity contribution in [2.75, 3.05) is 12.3 Å². The van der Waals surface area contributed by atoms with Crippen molar-refractivity contribution >= 4 is 17.8 Å². The summed E-state index contributed by atoms with van der Waals surface area (Å²) in [5.41, 5.74) is 1.26. The van der Waals surface area contributed by atoms with Crippen LogP contribution in [0.15, 0.2) is 29.2 Å². The van der Waals surface area contributed by atoms with Crippen LogP contribution in [-0.2, 0) is 0 Å². The van der Waals surface area contributed by atoms with Gasteiger partial charge in [0.15, 0.2) is 0 Å². The van der Waals surface area contributed by atoms with E-state index in [0.29, 0.717) is 12.5 Å². The second-order valence-corrected chi connectivity index (χ2v) is 7.31. The van der Waals surface area contributed by atoms with Crippen molar-refractivity contribution < 1.29 is 9.90 Å². The van der Waals surface area contributed by atoms with Crippen LogP contribution in [0, 0.1) is 12.8 Å². The number of carbonyl (C=O) groups excluding carboxylic acids is 1. The van der Waals surface area contributed by atoms with Crippen LogP contribution in [0.25, 0.3) is 0 Å². The van der Waals surface area contributed by atoms with Gasteiger partial charge in [0.1, 0.15) is 0 Å². The number of aryl methyl sites for hydroxylation is 1. The van der Waals surface area contributed by atoms with E-state index < -0.39 is 0 Å². The fraction of sp³-hybridized carbons (Fsp3) is 0.588. The summed E-state index contributed by atoms with van der Waals surface area (Å²) >= 11 is 1.75. The van der Waals surface area contributed by atoms with Crippen LogP contribution in [0.1, 0.15) is 31.7 Å². The van der Waals surface area contributed by atoms with E-state index in [4.69, 9.17) is 0 Å². The van der Waals surface area contributed by atoms with Gasteiger partial charge < -0.3 is 15.7 Å². The number of urea groups is 1. The zero-order valence-electron chi connectivity index (χ0n) is 13.3. The first kappa shape index (κ1) is 17.2. The van der Waals surface area contributed by atoms with Crippen LogP contribution in [0.2, 0.25) is 0 Å². The fourth-order valence-electron chi connectivity index (χ4n) is 2.64. The summed E-state index contributed by atoms with van der Waals surface area (Å²) in [5.74, 6) is 1.26. The SMILES string of the molecule is Cc1ccc(SC[C@H](C)NC(=O)NC[C@@H]2CC[C@@H](O)C2)cc1. The molecule has 0 heterocycles. The predicted molar refractivity (Wildman–Crippen MR) is 91.2 cm³/mol. The highest BCUT2D eigenvalue weighted by Gasteiger charge is 2.23. The molecule has 1 saturated carbocycles. The lowest BCUT2D eigenvalue weighted by Gasteiger charge is -2.16. The average Bonchev–Trinajstić information content (AvgIpc) is 2.90. The molecule has 0 saturated heterocycles. The lowest BCUT2D eigenvalue weighted by Crippen LogP contribution is -2.43. The van der Waals surface area contributed by atoms with Crippen molar-refractivity contribution in [2.24, 2.45) is 5.92 Å². The number of hydrogen-bond acceptors (Lipinski definition) is 3. The third-order valence-corrected chi connectivity index (χ3v) is 5.24. The summed E-state index contributed by atoms with van der Waals surface area (Å²) in [6.45, 7) is 4.74. The highest BCUT2D eigenvalue weighted by atomic mass is 32.2.